The van der Waals surface area contributed by atoms with Crippen LogP contribution < -0.4 is 0 Å². The zero-order chi connectivity index (χ0) is 15.5. The number of aliphatic carboxylic acids is 1. The van der Waals surface area contributed by atoms with Crippen LogP contribution in [-0.2, 0) is 20.1 Å². The summed E-state index contributed by atoms with van der Waals surface area (Å²) in [6.07, 6.45) is 0. The van der Waals surface area contributed by atoms with Crippen LogP contribution in [0.5, 0.6) is 0 Å². The fourth-order valence-corrected chi connectivity index (χ4v) is 4.15. The molecule has 1 aromatic heterocycles. The molecule has 116 valence electrons. The van der Waals surface area contributed by atoms with E-state index in [2.05, 4.69) is 0 Å². The Kier molecular flexibility index (Phi) is 5.54. The Morgan fingerprint density at radius 3 is 2.81 bits per heavy atom. The number of carboxylic acid groups (broad SMARTS) is 1. The molecule has 0 spiro atoms. The maximum Gasteiger partial charge on any atom is 0.329 e. The molecule has 0 aromatic carbocycles. The predicted octanol–water partition coefficient (Wildman–Crippen LogP) is 2.34. The second-order valence-electron chi connectivity index (χ2n) is 5.08. The Labute approximate surface area is 136 Å². The van der Waals surface area contributed by atoms with E-state index in [0.29, 0.717) is 18.8 Å². The van der Waals surface area contributed by atoms with Gasteiger partial charge in [0, 0.05) is 10.6 Å². The molecule has 1 aliphatic heterocycles. The van der Waals surface area contributed by atoms with Gasteiger partial charge >= 0.3 is 5.97 Å². The Morgan fingerprint density at radius 2 is 2.24 bits per heavy atom. The first-order chi connectivity index (χ1) is 9.88. The molecule has 1 amide bonds. The van der Waals surface area contributed by atoms with Crippen LogP contribution in [0.25, 0.3) is 0 Å². The van der Waals surface area contributed by atoms with Gasteiger partial charge in [0.1, 0.15) is 12.2 Å². The van der Waals surface area contributed by atoms with Crippen LogP contribution in [0.15, 0.2) is 12.1 Å². The zero-order valence-corrected chi connectivity index (χ0v) is 13.9. The molecule has 0 unspecified atom stereocenters. The lowest BCUT2D eigenvalue weighted by Gasteiger charge is -2.47. The normalized spacial score (nSPS) is 16.6. The summed E-state index contributed by atoms with van der Waals surface area (Å²) in [6.45, 7) is 2.39. The largest absolute Gasteiger partial charge is 0.480 e. The van der Waals surface area contributed by atoms with Gasteiger partial charge in [-0.25, -0.2) is 4.79 Å². The summed E-state index contributed by atoms with van der Waals surface area (Å²) in [5, 5.41) is 8.58. The van der Waals surface area contributed by atoms with Crippen molar-refractivity contribution in [2.75, 3.05) is 25.4 Å². The molecule has 1 fully saturated rings. The number of thiophene rings is 1. The second kappa shape index (κ2) is 7.00. The van der Waals surface area contributed by atoms with E-state index < -0.39 is 11.6 Å². The number of carbonyl (C=O) groups excluding carboxylic acids is 1. The van der Waals surface area contributed by atoms with Crippen LogP contribution in [0.1, 0.15) is 11.8 Å². The number of hydrogen-bond donors (Lipinski definition) is 1. The fraction of sp³-hybridized carbons (Fsp3) is 0.538. The van der Waals surface area contributed by atoms with Crippen LogP contribution in [0.3, 0.4) is 0 Å². The summed E-state index contributed by atoms with van der Waals surface area (Å²) in [5.74, 6) is 0.235. The molecule has 0 bridgehead atoms. The number of rotatable bonds is 7. The number of nitrogens with zero attached hydrogens (tertiary/aromatic N) is 1. The van der Waals surface area contributed by atoms with Crippen molar-refractivity contribution in [2.45, 2.75) is 18.3 Å². The molecule has 21 heavy (non-hydrogen) atoms. The molecule has 0 radical (unpaired) electrons. The molecule has 5 nitrogen and oxygen atoms in total. The number of likely N-dealkylation sites (tertiary alicyclic amines) is 1. The van der Waals surface area contributed by atoms with Gasteiger partial charge in [-0.15, -0.1) is 23.1 Å². The van der Waals surface area contributed by atoms with E-state index in [1.165, 1.54) is 11.3 Å². The van der Waals surface area contributed by atoms with Crippen molar-refractivity contribution >= 4 is 46.6 Å². The van der Waals surface area contributed by atoms with Gasteiger partial charge < -0.3 is 14.7 Å². The van der Waals surface area contributed by atoms with Crippen molar-refractivity contribution < 1.29 is 19.4 Å². The Hall–Kier alpha value is -0.760. The molecular weight excluding hydrogens is 334 g/mol. The lowest BCUT2D eigenvalue weighted by Crippen LogP contribution is -2.63. The van der Waals surface area contributed by atoms with E-state index >= 15 is 0 Å². The Morgan fingerprint density at radius 1 is 1.52 bits per heavy atom. The number of ether oxygens (including phenoxy) is 1. The number of amides is 1. The van der Waals surface area contributed by atoms with Crippen molar-refractivity contribution in [3.05, 3.63) is 21.3 Å². The summed E-state index contributed by atoms with van der Waals surface area (Å²) < 4.78 is 6.03. The van der Waals surface area contributed by atoms with Gasteiger partial charge in [-0.05, 0) is 19.1 Å². The topological polar surface area (TPSA) is 66.8 Å². The highest BCUT2D eigenvalue weighted by atomic mass is 35.5. The fourth-order valence-electron chi connectivity index (χ4n) is 2.02. The molecule has 0 atom stereocenters. The highest BCUT2D eigenvalue weighted by Crippen LogP contribution is 2.27. The first kappa shape index (κ1) is 16.6. The molecule has 8 heteroatoms. The van der Waals surface area contributed by atoms with Gasteiger partial charge in [0.2, 0.25) is 5.91 Å². The number of carbonyl (C=O) groups is 2. The minimum atomic E-state index is -0.994. The van der Waals surface area contributed by atoms with Gasteiger partial charge in [-0.2, -0.15) is 0 Å². The molecule has 1 aromatic rings. The number of hydrogen-bond acceptors (Lipinski definition) is 5. The van der Waals surface area contributed by atoms with Crippen LogP contribution in [0.4, 0.5) is 0 Å². The summed E-state index contributed by atoms with van der Waals surface area (Å²) in [7, 11) is 0. The maximum atomic E-state index is 12.0. The van der Waals surface area contributed by atoms with Crippen molar-refractivity contribution in [3.63, 3.8) is 0 Å². The average Bonchev–Trinajstić information content (AvgIpc) is 2.78. The third kappa shape index (κ3) is 4.88. The highest BCUT2D eigenvalue weighted by molar-refractivity contribution is 7.99. The van der Waals surface area contributed by atoms with Crippen molar-refractivity contribution in [3.8, 4) is 0 Å². The smallest absolute Gasteiger partial charge is 0.329 e. The first-order valence-corrected chi connectivity index (χ1v) is 8.68. The second-order valence-corrected chi connectivity index (χ2v) is 7.87. The first-order valence-electron chi connectivity index (χ1n) is 6.33. The van der Waals surface area contributed by atoms with E-state index in [1.54, 1.807) is 16.7 Å². The van der Waals surface area contributed by atoms with Crippen LogP contribution in [0.2, 0.25) is 4.34 Å². The van der Waals surface area contributed by atoms with Crippen molar-refractivity contribution in [1.82, 2.24) is 4.90 Å². The average molecular weight is 350 g/mol. The standard InChI is InChI=1S/C13H16ClNO4S2/c1-13(19-4-12(17)18)7-15(8-13)11(16)6-20-5-9-2-3-10(14)21-9/h2-3H,4-8H2,1H3,(H,17,18). The maximum absolute atomic E-state index is 12.0. The van der Waals surface area contributed by atoms with Gasteiger partial charge in [-0.3, -0.25) is 4.79 Å². The van der Waals surface area contributed by atoms with Crippen LogP contribution in [0, 0.1) is 0 Å². The zero-order valence-electron chi connectivity index (χ0n) is 11.5. The minimum absolute atomic E-state index is 0.0547. The molecule has 0 saturated carbocycles. The summed E-state index contributed by atoms with van der Waals surface area (Å²) in [4.78, 5) is 25.3. The van der Waals surface area contributed by atoms with Crippen molar-refractivity contribution in [2.24, 2.45) is 0 Å². The van der Waals surface area contributed by atoms with Gasteiger partial charge in [0.15, 0.2) is 0 Å². The van der Waals surface area contributed by atoms with Gasteiger partial charge in [0.05, 0.1) is 23.2 Å². The van der Waals surface area contributed by atoms with Gasteiger partial charge in [0.25, 0.3) is 0 Å². The monoisotopic (exact) mass is 349 g/mol. The third-order valence-corrected chi connectivity index (χ3v) is 5.43. The van der Waals surface area contributed by atoms with E-state index in [0.717, 1.165) is 15.0 Å². The SMILES string of the molecule is CC1(OCC(=O)O)CN(C(=O)CSCc2ccc(Cl)s2)C1. The van der Waals surface area contributed by atoms with E-state index in [1.807, 2.05) is 19.1 Å². The molecule has 1 N–H and O–H groups in total. The Balaban J connectivity index is 1.65. The van der Waals surface area contributed by atoms with E-state index in [-0.39, 0.29) is 12.5 Å². The molecule has 1 saturated heterocycles. The molecule has 2 heterocycles. The lowest BCUT2D eigenvalue weighted by atomic mass is 9.96. The third-order valence-electron chi connectivity index (χ3n) is 3.05. The van der Waals surface area contributed by atoms with E-state index in [9.17, 15) is 9.59 Å². The van der Waals surface area contributed by atoms with Crippen LogP contribution >= 0.6 is 34.7 Å². The number of carboxylic acids is 1. The number of thioether (sulfide) groups is 1. The summed E-state index contributed by atoms with van der Waals surface area (Å²) >= 11 is 8.92. The minimum Gasteiger partial charge on any atom is -0.480 e. The summed E-state index contributed by atoms with van der Waals surface area (Å²) in [6, 6.07) is 3.81. The van der Waals surface area contributed by atoms with E-state index in [4.69, 9.17) is 21.4 Å². The molecule has 1 aliphatic rings. The quantitative estimate of drug-likeness (QED) is 0.818. The highest BCUT2D eigenvalue weighted by Gasteiger charge is 2.42. The van der Waals surface area contributed by atoms with Gasteiger partial charge in [-0.1, -0.05) is 11.6 Å². The summed E-state index contributed by atoms with van der Waals surface area (Å²) in [5.41, 5.74) is -0.528. The van der Waals surface area contributed by atoms with Crippen LogP contribution in [-0.4, -0.2) is 52.9 Å². The Bertz CT molecular complexity index is 528. The lowest BCUT2D eigenvalue weighted by molar-refractivity contribution is -0.171. The molecular formula is C13H16ClNO4S2. The molecule has 2 rings (SSSR count). The predicted molar refractivity (Wildman–Crippen MR) is 84.1 cm³/mol. The number of halogens is 1. The molecule has 0 aliphatic carbocycles. The van der Waals surface area contributed by atoms with Crippen molar-refractivity contribution in [1.29, 1.82) is 0 Å².